The third kappa shape index (κ3) is 7.86. The predicted octanol–water partition coefficient (Wildman–Crippen LogP) is 1.66. The number of alkyl carbamates (subject to hydrolysis) is 1. The van der Waals surface area contributed by atoms with Gasteiger partial charge in [0.1, 0.15) is 5.60 Å². The highest BCUT2D eigenvalue weighted by molar-refractivity contribution is 7.99. The smallest absolute Gasteiger partial charge is 0.408 e. The van der Waals surface area contributed by atoms with Crippen LogP contribution in [0.1, 0.15) is 41.0 Å². The molecule has 168 valence electrons. The number of thioether (sulfide) groups is 1. The number of guanidine groups is 1. The lowest BCUT2D eigenvalue weighted by Crippen LogP contribution is -2.61. The third-order valence-corrected chi connectivity index (χ3v) is 6.34. The van der Waals surface area contributed by atoms with Crippen molar-refractivity contribution in [2.24, 2.45) is 4.99 Å². The summed E-state index contributed by atoms with van der Waals surface area (Å²) < 4.78 is 10.9. The second kappa shape index (κ2) is 10.2. The second-order valence-corrected chi connectivity index (χ2v) is 10.5. The average molecular weight is 430 g/mol. The van der Waals surface area contributed by atoms with Gasteiger partial charge in [-0.3, -0.25) is 9.89 Å². The van der Waals surface area contributed by atoms with E-state index < -0.39 is 17.2 Å². The molecule has 0 aromatic carbocycles. The number of nitrogens with zero attached hydrogens (tertiary/aromatic N) is 2. The van der Waals surface area contributed by atoms with Gasteiger partial charge >= 0.3 is 6.09 Å². The van der Waals surface area contributed by atoms with Gasteiger partial charge in [0.2, 0.25) is 0 Å². The highest BCUT2D eigenvalue weighted by atomic mass is 32.2. The Kier molecular flexibility index (Phi) is 8.48. The molecule has 0 bridgehead atoms. The molecule has 9 heteroatoms. The maximum atomic E-state index is 12.1. The van der Waals surface area contributed by atoms with E-state index in [4.69, 9.17) is 9.47 Å². The van der Waals surface area contributed by atoms with Crippen molar-refractivity contribution in [3.63, 3.8) is 0 Å². The molecular formula is C20H39N5O3S. The maximum absolute atomic E-state index is 12.1. The summed E-state index contributed by atoms with van der Waals surface area (Å²) in [7, 11) is 1.77. The molecule has 1 atom stereocenters. The van der Waals surface area contributed by atoms with Gasteiger partial charge in [-0.25, -0.2) is 4.79 Å². The molecule has 0 spiro atoms. The van der Waals surface area contributed by atoms with Crippen LogP contribution < -0.4 is 16.0 Å². The number of ether oxygens (including phenoxy) is 2. The summed E-state index contributed by atoms with van der Waals surface area (Å²) in [6.07, 6.45) is 0.759. The second-order valence-electron chi connectivity index (χ2n) is 9.42. The summed E-state index contributed by atoms with van der Waals surface area (Å²) in [5.74, 6) is 3.06. The first-order valence-corrected chi connectivity index (χ1v) is 11.6. The molecule has 2 heterocycles. The Morgan fingerprint density at radius 1 is 1.21 bits per heavy atom. The number of carbonyl (C=O) groups excluding carboxylic acids is 1. The molecule has 1 amide bonds. The standard InChI is InChI=1S/C20H39N5O3S/c1-18(2,3)28-17(26)24-19(4,5)13-22-16(21-6)23-14-20(7-12-29-15-20)25-8-10-27-11-9-25/h7-15H2,1-6H3,(H,24,26)(H2,21,22,23). The number of carbonyl (C=O) groups is 1. The highest BCUT2D eigenvalue weighted by Crippen LogP contribution is 2.33. The van der Waals surface area contributed by atoms with Crippen LogP contribution in [-0.4, -0.2) is 91.6 Å². The van der Waals surface area contributed by atoms with E-state index in [0.29, 0.717) is 6.54 Å². The molecule has 2 aliphatic heterocycles. The summed E-state index contributed by atoms with van der Waals surface area (Å²) in [6, 6.07) is 0. The number of hydrogen-bond donors (Lipinski definition) is 3. The molecule has 3 N–H and O–H groups in total. The largest absolute Gasteiger partial charge is 0.444 e. The summed E-state index contributed by atoms with van der Waals surface area (Å²) >= 11 is 2.02. The van der Waals surface area contributed by atoms with Crippen molar-refractivity contribution in [1.82, 2.24) is 20.9 Å². The van der Waals surface area contributed by atoms with Gasteiger partial charge in [0, 0.05) is 44.5 Å². The van der Waals surface area contributed by atoms with Crippen molar-refractivity contribution < 1.29 is 14.3 Å². The first-order valence-electron chi connectivity index (χ1n) is 10.4. The lowest BCUT2D eigenvalue weighted by Gasteiger charge is -2.43. The van der Waals surface area contributed by atoms with Crippen molar-refractivity contribution in [2.45, 2.75) is 57.7 Å². The van der Waals surface area contributed by atoms with Gasteiger partial charge in [-0.05, 0) is 46.8 Å². The Bertz CT molecular complexity index is 565. The topological polar surface area (TPSA) is 87.2 Å². The molecule has 0 saturated carbocycles. The van der Waals surface area contributed by atoms with Crippen molar-refractivity contribution >= 4 is 23.8 Å². The van der Waals surface area contributed by atoms with Crippen molar-refractivity contribution in [3.8, 4) is 0 Å². The number of aliphatic imine (C=N–C) groups is 1. The number of amides is 1. The fourth-order valence-corrected chi connectivity index (χ4v) is 5.01. The molecule has 2 saturated heterocycles. The Morgan fingerprint density at radius 2 is 1.90 bits per heavy atom. The molecule has 0 aromatic rings. The van der Waals surface area contributed by atoms with Gasteiger partial charge < -0.3 is 25.4 Å². The van der Waals surface area contributed by atoms with Crippen molar-refractivity contribution in [3.05, 3.63) is 0 Å². The Morgan fingerprint density at radius 3 is 2.45 bits per heavy atom. The van der Waals surface area contributed by atoms with Gasteiger partial charge in [0.25, 0.3) is 0 Å². The number of morpholine rings is 1. The molecule has 2 fully saturated rings. The lowest BCUT2D eigenvalue weighted by molar-refractivity contribution is -0.0120. The minimum Gasteiger partial charge on any atom is -0.444 e. The van der Waals surface area contributed by atoms with Crippen LogP contribution in [0.2, 0.25) is 0 Å². The molecular weight excluding hydrogens is 390 g/mol. The van der Waals surface area contributed by atoms with E-state index in [1.54, 1.807) is 7.05 Å². The van der Waals surface area contributed by atoms with Gasteiger partial charge in [0.15, 0.2) is 5.96 Å². The minimum atomic E-state index is -0.516. The summed E-state index contributed by atoms with van der Waals surface area (Å²) in [5, 5.41) is 9.77. The van der Waals surface area contributed by atoms with Gasteiger partial charge in [-0.1, -0.05) is 0 Å². The predicted molar refractivity (Wildman–Crippen MR) is 120 cm³/mol. The van der Waals surface area contributed by atoms with E-state index in [2.05, 4.69) is 25.8 Å². The summed E-state index contributed by atoms with van der Waals surface area (Å²) in [6.45, 7) is 14.5. The van der Waals surface area contributed by atoms with E-state index in [1.807, 2.05) is 46.4 Å². The minimum absolute atomic E-state index is 0.149. The van der Waals surface area contributed by atoms with Crippen LogP contribution in [0.4, 0.5) is 4.79 Å². The van der Waals surface area contributed by atoms with Crippen LogP contribution in [-0.2, 0) is 9.47 Å². The molecule has 2 aliphatic rings. The zero-order valence-corrected chi connectivity index (χ0v) is 19.7. The zero-order chi connectivity index (χ0) is 21.5. The van der Waals surface area contributed by atoms with Gasteiger partial charge in [-0.15, -0.1) is 0 Å². The fourth-order valence-electron chi connectivity index (χ4n) is 3.53. The summed E-state index contributed by atoms with van der Waals surface area (Å²) in [4.78, 5) is 19.0. The average Bonchev–Trinajstić information content (AvgIpc) is 3.10. The van der Waals surface area contributed by atoms with Gasteiger partial charge in [0.05, 0.1) is 18.8 Å². The van der Waals surface area contributed by atoms with Crippen LogP contribution in [0.3, 0.4) is 0 Å². The van der Waals surface area contributed by atoms with E-state index >= 15 is 0 Å². The maximum Gasteiger partial charge on any atom is 0.408 e. The van der Waals surface area contributed by atoms with Crippen LogP contribution in [0, 0.1) is 0 Å². The van der Waals surface area contributed by atoms with E-state index in [1.165, 1.54) is 12.2 Å². The fraction of sp³-hybridized carbons (Fsp3) is 0.900. The normalized spacial score (nSPS) is 24.3. The molecule has 1 unspecified atom stereocenters. The first-order chi connectivity index (χ1) is 13.6. The number of rotatable bonds is 6. The third-order valence-electron chi connectivity index (χ3n) is 5.11. The monoisotopic (exact) mass is 429 g/mol. The van der Waals surface area contributed by atoms with Crippen LogP contribution in [0.15, 0.2) is 4.99 Å². The molecule has 0 aromatic heterocycles. The highest BCUT2D eigenvalue weighted by Gasteiger charge is 2.40. The zero-order valence-electron chi connectivity index (χ0n) is 18.9. The Balaban J connectivity index is 1.85. The SMILES string of the molecule is CN=C(NCC(C)(C)NC(=O)OC(C)(C)C)NCC1(N2CCOCC2)CCSC1. The Hall–Kier alpha value is -1.19. The van der Waals surface area contributed by atoms with Crippen LogP contribution in [0.5, 0.6) is 0 Å². The van der Waals surface area contributed by atoms with E-state index in [9.17, 15) is 4.79 Å². The first kappa shape index (κ1) is 24.1. The van der Waals surface area contributed by atoms with Crippen LogP contribution in [0.25, 0.3) is 0 Å². The van der Waals surface area contributed by atoms with Crippen molar-refractivity contribution in [1.29, 1.82) is 0 Å². The molecule has 0 aliphatic carbocycles. The molecule has 8 nitrogen and oxygen atoms in total. The van der Waals surface area contributed by atoms with Crippen molar-refractivity contribution in [2.75, 3.05) is 57.9 Å². The Labute approximate surface area is 179 Å². The summed E-state index contributed by atoms with van der Waals surface area (Å²) in [5.41, 5.74) is -0.848. The molecule has 2 rings (SSSR count). The molecule has 29 heavy (non-hydrogen) atoms. The van der Waals surface area contributed by atoms with E-state index in [-0.39, 0.29) is 5.54 Å². The number of hydrogen-bond acceptors (Lipinski definition) is 6. The van der Waals surface area contributed by atoms with Gasteiger partial charge in [-0.2, -0.15) is 11.8 Å². The molecule has 0 radical (unpaired) electrons. The lowest BCUT2D eigenvalue weighted by atomic mass is 9.95. The quantitative estimate of drug-likeness (QED) is 0.437. The number of nitrogens with one attached hydrogen (secondary N) is 3. The van der Waals surface area contributed by atoms with E-state index in [0.717, 1.165) is 44.6 Å². The van der Waals surface area contributed by atoms with Crippen LogP contribution >= 0.6 is 11.8 Å².